The Bertz CT molecular complexity index is 1910. The molecule has 0 fully saturated rings. The third kappa shape index (κ3) is 4.55. The van der Waals surface area contributed by atoms with Gasteiger partial charge in [0.1, 0.15) is 5.56 Å². The Morgan fingerprint density at radius 2 is 1.92 bits per heavy atom. The van der Waals surface area contributed by atoms with E-state index in [9.17, 15) is 4.79 Å². The van der Waals surface area contributed by atoms with Gasteiger partial charge in [0, 0.05) is 42.2 Å². The number of fused-ring (bicyclic) bond motifs is 2. The summed E-state index contributed by atoms with van der Waals surface area (Å²) in [6, 6.07) is 19.2. The van der Waals surface area contributed by atoms with Crippen molar-refractivity contribution in [1.82, 2.24) is 34.7 Å². The Balaban J connectivity index is 1.43. The quantitative estimate of drug-likeness (QED) is 0.343. The molecule has 2 aromatic carbocycles. The van der Waals surface area contributed by atoms with E-state index < -0.39 is 6.04 Å². The molecule has 0 radical (unpaired) electrons. The number of nitrogens with one attached hydrogen (secondary N) is 1. The topological polar surface area (TPSA) is 116 Å². The van der Waals surface area contributed by atoms with Crippen LogP contribution >= 0.6 is 0 Å². The molecule has 0 unspecified atom stereocenters. The number of nitrogens with two attached hydrogens (primary N) is 1. The van der Waals surface area contributed by atoms with Gasteiger partial charge in [0.25, 0.3) is 5.91 Å². The Morgan fingerprint density at radius 3 is 2.72 bits per heavy atom. The summed E-state index contributed by atoms with van der Waals surface area (Å²) in [7, 11) is 1.86. The average molecular weight is 513 g/mol. The predicted octanol–water partition coefficient (Wildman–Crippen LogP) is 4.15. The molecule has 9 heteroatoms. The molecule has 0 saturated carbocycles. The zero-order valence-corrected chi connectivity index (χ0v) is 21.3. The molecule has 9 nitrogen and oxygen atoms in total. The second-order valence-corrected chi connectivity index (χ2v) is 9.16. The number of amides is 1. The van der Waals surface area contributed by atoms with Crippen molar-refractivity contribution >= 4 is 28.3 Å². The molecule has 1 amide bonds. The van der Waals surface area contributed by atoms with Gasteiger partial charge in [0.2, 0.25) is 0 Å². The van der Waals surface area contributed by atoms with Crippen LogP contribution in [0.25, 0.3) is 27.7 Å². The van der Waals surface area contributed by atoms with Gasteiger partial charge in [-0.25, -0.2) is 14.5 Å². The van der Waals surface area contributed by atoms with Gasteiger partial charge in [-0.3, -0.25) is 9.48 Å². The van der Waals surface area contributed by atoms with Crippen molar-refractivity contribution in [2.45, 2.75) is 13.0 Å². The fourth-order valence-electron chi connectivity index (χ4n) is 4.58. The van der Waals surface area contributed by atoms with Gasteiger partial charge < -0.3 is 11.1 Å². The second-order valence-electron chi connectivity index (χ2n) is 9.16. The summed E-state index contributed by atoms with van der Waals surface area (Å²) in [5.74, 6) is 6.21. The van der Waals surface area contributed by atoms with Crippen LogP contribution in [0.4, 0.5) is 5.82 Å². The lowest BCUT2D eigenvalue weighted by atomic mass is 9.96. The van der Waals surface area contributed by atoms with Crippen LogP contribution in [0, 0.1) is 11.8 Å². The Hall–Kier alpha value is -5.49. The van der Waals surface area contributed by atoms with E-state index >= 15 is 0 Å². The number of aryl methyl sites for hydroxylation is 1. The number of nitrogen functional groups attached to an aromatic ring is 1. The minimum absolute atomic E-state index is 0.116. The van der Waals surface area contributed by atoms with Crippen LogP contribution in [0.3, 0.4) is 0 Å². The van der Waals surface area contributed by atoms with Crippen LogP contribution in [0.15, 0.2) is 85.5 Å². The monoisotopic (exact) mass is 512 g/mol. The third-order valence-electron chi connectivity index (χ3n) is 6.43. The SMILES string of the molecule is C[C@@H](NC(=O)c1c(N)nn2cccnc12)c1nc2cccc(C#Cc3cnn(C)c3)c2cc1-c1ccccc1. The van der Waals surface area contributed by atoms with Gasteiger partial charge in [-0.1, -0.05) is 48.2 Å². The predicted molar refractivity (Wildman–Crippen MR) is 150 cm³/mol. The van der Waals surface area contributed by atoms with Crippen molar-refractivity contribution in [1.29, 1.82) is 0 Å². The first kappa shape index (κ1) is 23.9. The van der Waals surface area contributed by atoms with E-state index in [2.05, 4.69) is 38.4 Å². The van der Waals surface area contributed by atoms with Crippen molar-refractivity contribution in [3.63, 3.8) is 0 Å². The van der Waals surface area contributed by atoms with Crippen molar-refractivity contribution in [3.05, 3.63) is 108 Å². The van der Waals surface area contributed by atoms with E-state index in [0.717, 1.165) is 38.9 Å². The third-order valence-corrected chi connectivity index (χ3v) is 6.43. The van der Waals surface area contributed by atoms with Crippen molar-refractivity contribution in [2.24, 2.45) is 7.05 Å². The molecule has 39 heavy (non-hydrogen) atoms. The summed E-state index contributed by atoms with van der Waals surface area (Å²) < 4.78 is 3.22. The number of anilines is 1. The van der Waals surface area contributed by atoms with Crippen molar-refractivity contribution in [2.75, 3.05) is 5.73 Å². The van der Waals surface area contributed by atoms with Gasteiger partial charge in [-0.2, -0.15) is 5.10 Å². The second kappa shape index (κ2) is 9.76. The fourth-order valence-corrected chi connectivity index (χ4v) is 4.58. The summed E-state index contributed by atoms with van der Waals surface area (Å²) in [6.45, 7) is 1.90. The molecule has 0 aliphatic rings. The van der Waals surface area contributed by atoms with E-state index in [0.29, 0.717) is 5.65 Å². The van der Waals surface area contributed by atoms with Crippen LogP contribution in [0.5, 0.6) is 0 Å². The lowest BCUT2D eigenvalue weighted by Gasteiger charge is -2.19. The first-order valence-corrected chi connectivity index (χ1v) is 12.4. The van der Waals surface area contributed by atoms with Gasteiger partial charge in [-0.15, -0.1) is 5.10 Å². The summed E-state index contributed by atoms with van der Waals surface area (Å²) in [5, 5.41) is 12.4. The van der Waals surface area contributed by atoms with E-state index in [-0.39, 0.29) is 17.3 Å². The highest BCUT2D eigenvalue weighted by atomic mass is 16.1. The molecule has 0 aliphatic heterocycles. The minimum Gasteiger partial charge on any atom is -0.381 e. The molecule has 0 aliphatic carbocycles. The number of nitrogens with zero attached hydrogens (tertiary/aromatic N) is 6. The highest BCUT2D eigenvalue weighted by Gasteiger charge is 2.23. The van der Waals surface area contributed by atoms with Crippen LogP contribution in [0.1, 0.15) is 40.1 Å². The molecule has 3 N–H and O–H groups in total. The van der Waals surface area contributed by atoms with Crippen LogP contribution in [0.2, 0.25) is 0 Å². The van der Waals surface area contributed by atoms with Gasteiger partial charge in [0.15, 0.2) is 11.5 Å². The van der Waals surface area contributed by atoms with E-state index in [1.807, 2.05) is 68.7 Å². The highest BCUT2D eigenvalue weighted by Crippen LogP contribution is 2.32. The maximum atomic E-state index is 13.4. The van der Waals surface area contributed by atoms with Crippen LogP contribution < -0.4 is 11.1 Å². The van der Waals surface area contributed by atoms with E-state index in [1.54, 1.807) is 29.3 Å². The maximum absolute atomic E-state index is 13.4. The average Bonchev–Trinajstić information content (AvgIpc) is 3.52. The van der Waals surface area contributed by atoms with Gasteiger partial charge in [-0.05, 0) is 36.8 Å². The lowest BCUT2D eigenvalue weighted by molar-refractivity contribution is 0.0941. The van der Waals surface area contributed by atoms with E-state index in [1.165, 1.54) is 4.52 Å². The standard InChI is InChI=1S/C30H24N8O/c1-19(34-30(39)26-28(31)36-38-15-7-14-32-29(26)38)27-24(21-8-4-3-5-9-21)16-23-22(10-6-11-25(23)35-27)13-12-20-17-33-37(2)18-20/h3-11,14-19H,1-2H3,(H2,31,36)(H,34,39)/t19-/m1/s1. The maximum Gasteiger partial charge on any atom is 0.259 e. The molecule has 6 aromatic rings. The first-order chi connectivity index (χ1) is 19.0. The number of rotatable bonds is 4. The van der Waals surface area contributed by atoms with Gasteiger partial charge >= 0.3 is 0 Å². The smallest absolute Gasteiger partial charge is 0.259 e. The number of hydrogen-bond donors (Lipinski definition) is 2. The summed E-state index contributed by atoms with van der Waals surface area (Å²) in [5.41, 5.74) is 11.8. The minimum atomic E-state index is -0.444. The van der Waals surface area contributed by atoms with Crippen LogP contribution in [-0.2, 0) is 7.05 Å². The van der Waals surface area contributed by atoms with Crippen molar-refractivity contribution in [3.8, 4) is 23.0 Å². The Kier molecular flexibility index (Phi) is 5.98. The van der Waals surface area contributed by atoms with Crippen LogP contribution in [-0.4, -0.2) is 35.3 Å². The molecule has 0 bridgehead atoms. The normalized spacial score (nSPS) is 11.7. The zero-order chi connectivity index (χ0) is 26.9. The van der Waals surface area contributed by atoms with E-state index in [4.69, 9.17) is 10.7 Å². The number of aromatic nitrogens is 6. The number of benzene rings is 2. The fraction of sp³-hybridized carbons (Fsp3) is 0.100. The zero-order valence-electron chi connectivity index (χ0n) is 21.3. The molecular formula is C30H24N8O. The number of carbonyl (C=O) groups is 1. The first-order valence-electron chi connectivity index (χ1n) is 12.4. The molecule has 4 aromatic heterocycles. The Morgan fingerprint density at radius 1 is 1.08 bits per heavy atom. The summed E-state index contributed by atoms with van der Waals surface area (Å²) in [6.07, 6.45) is 6.91. The molecular weight excluding hydrogens is 488 g/mol. The Labute approximate surface area is 224 Å². The summed E-state index contributed by atoms with van der Waals surface area (Å²) >= 11 is 0. The number of hydrogen-bond acceptors (Lipinski definition) is 6. The molecule has 4 heterocycles. The number of pyridine rings is 1. The molecule has 0 saturated heterocycles. The molecule has 190 valence electrons. The molecule has 0 spiro atoms. The highest BCUT2D eigenvalue weighted by molar-refractivity contribution is 6.04. The summed E-state index contributed by atoms with van der Waals surface area (Å²) in [4.78, 5) is 22.7. The largest absolute Gasteiger partial charge is 0.381 e. The lowest BCUT2D eigenvalue weighted by Crippen LogP contribution is -2.28. The molecule has 1 atom stereocenters. The van der Waals surface area contributed by atoms with Gasteiger partial charge in [0.05, 0.1) is 29.0 Å². The number of carbonyl (C=O) groups excluding carboxylic acids is 1. The van der Waals surface area contributed by atoms with Crippen molar-refractivity contribution < 1.29 is 4.79 Å². The molecule has 6 rings (SSSR count).